The maximum atomic E-state index is 13.9. The number of aromatic nitrogens is 1. The molecule has 0 fully saturated rings. The summed E-state index contributed by atoms with van der Waals surface area (Å²) >= 11 is 2.95. The van der Waals surface area contributed by atoms with Gasteiger partial charge in [-0.15, -0.1) is 0 Å². The molecule has 0 saturated carbocycles. The van der Waals surface area contributed by atoms with Gasteiger partial charge in [-0.1, -0.05) is 47.7 Å². The first-order valence-corrected chi connectivity index (χ1v) is 13.7. The maximum Gasteiger partial charge on any atom is 0.312 e. The quantitative estimate of drug-likeness (QED) is 0.196. The number of allylic oxidation sites excluding steroid dienone is 1. The number of aromatic hydroxyl groups is 1. The minimum absolute atomic E-state index is 0.0732. The van der Waals surface area contributed by atoms with Crippen LogP contribution in [0.2, 0.25) is 0 Å². The number of nitrogens with zero attached hydrogens (tertiary/aromatic N) is 4. The van der Waals surface area contributed by atoms with Crippen LogP contribution < -0.4 is 14.9 Å². The number of hydrogen-bond donors (Lipinski definition) is 1. The number of thiazole rings is 1. The van der Waals surface area contributed by atoms with Crippen LogP contribution in [0.1, 0.15) is 34.7 Å². The summed E-state index contributed by atoms with van der Waals surface area (Å²) in [7, 11) is 0. The molecule has 2 heterocycles. The van der Waals surface area contributed by atoms with Gasteiger partial charge in [0.25, 0.3) is 11.2 Å². The number of fused-ring (bicyclic) bond motifs is 3. The third kappa shape index (κ3) is 4.25. The van der Waals surface area contributed by atoms with Crippen molar-refractivity contribution in [1.29, 1.82) is 0 Å². The molecule has 1 atom stereocenters. The van der Waals surface area contributed by atoms with Gasteiger partial charge in [0.05, 0.1) is 29.7 Å². The number of nitro groups is 2. The van der Waals surface area contributed by atoms with E-state index in [0.29, 0.717) is 26.9 Å². The van der Waals surface area contributed by atoms with E-state index in [9.17, 15) is 30.1 Å². The van der Waals surface area contributed by atoms with Crippen molar-refractivity contribution in [3.63, 3.8) is 0 Å². The zero-order valence-corrected chi connectivity index (χ0v) is 22.9. The highest BCUT2D eigenvalue weighted by Crippen LogP contribution is 2.41. The fraction of sp³-hybridized carbons (Fsp3) is 0.111. The van der Waals surface area contributed by atoms with Crippen LogP contribution in [0.4, 0.5) is 11.4 Å². The highest BCUT2D eigenvalue weighted by atomic mass is 127. The molecule has 0 spiro atoms. The third-order valence-electron chi connectivity index (χ3n) is 6.83. The number of nitro benzene ring substituents is 2. The Morgan fingerprint density at radius 2 is 1.85 bits per heavy atom. The molecule has 1 aromatic heterocycles. The van der Waals surface area contributed by atoms with Crippen molar-refractivity contribution in [2.75, 3.05) is 0 Å². The van der Waals surface area contributed by atoms with Crippen LogP contribution in [0.3, 0.4) is 0 Å². The lowest BCUT2D eigenvalue weighted by atomic mass is 9.83. The summed E-state index contributed by atoms with van der Waals surface area (Å²) in [5.74, 6) is -0.434. The summed E-state index contributed by atoms with van der Waals surface area (Å²) in [6.07, 6.45) is 2.92. The van der Waals surface area contributed by atoms with Gasteiger partial charge in [-0.3, -0.25) is 29.6 Å². The number of hydrogen-bond acceptors (Lipinski definition) is 8. The summed E-state index contributed by atoms with van der Waals surface area (Å²) < 4.78 is 2.14. The average molecular weight is 652 g/mol. The minimum Gasteiger partial charge on any atom is -0.501 e. The molecule has 1 aliphatic heterocycles. The second-order valence-corrected chi connectivity index (χ2v) is 11.3. The summed E-state index contributed by atoms with van der Waals surface area (Å²) in [6.45, 7) is 0. The molecular formula is C27H17IN4O6S. The van der Waals surface area contributed by atoms with Crippen molar-refractivity contribution < 1.29 is 15.0 Å². The summed E-state index contributed by atoms with van der Waals surface area (Å²) in [5.41, 5.74) is 3.88. The van der Waals surface area contributed by atoms with E-state index in [1.165, 1.54) is 18.2 Å². The zero-order chi connectivity index (χ0) is 27.4. The first kappa shape index (κ1) is 25.1. The lowest BCUT2D eigenvalue weighted by Crippen LogP contribution is -2.38. The molecule has 0 radical (unpaired) electrons. The van der Waals surface area contributed by atoms with Crippen molar-refractivity contribution in [3.05, 3.63) is 132 Å². The second kappa shape index (κ2) is 9.54. The first-order valence-electron chi connectivity index (χ1n) is 11.8. The standard InChI is InChI=1S/C27H17IN4O6S/c28-20-10-14(11-21(25(20)33)32(37)38)12-22-26(34)30-24(16-5-3-6-17(13-16)31(35)36)19-9-8-15-4-1-2-7-18(15)23(19)29-27(30)39-22/h1-7,10-13,24,33H,8-9H2/b22-12+/t24-/m0/s1. The van der Waals surface area contributed by atoms with Gasteiger partial charge in [-0.25, -0.2) is 4.99 Å². The Bertz CT molecular complexity index is 1940. The molecule has 2 aliphatic rings. The van der Waals surface area contributed by atoms with Gasteiger partial charge in [0.2, 0.25) is 5.75 Å². The van der Waals surface area contributed by atoms with E-state index in [2.05, 4.69) is 0 Å². The monoisotopic (exact) mass is 652 g/mol. The van der Waals surface area contributed by atoms with Crippen molar-refractivity contribution in [3.8, 4) is 5.75 Å². The fourth-order valence-electron chi connectivity index (χ4n) is 5.11. The van der Waals surface area contributed by atoms with E-state index >= 15 is 0 Å². The minimum atomic E-state index is -0.676. The van der Waals surface area contributed by atoms with Crippen molar-refractivity contribution in [2.24, 2.45) is 4.99 Å². The Balaban J connectivity index is 1.62. The zero-order valence-electron chi connectivity index (χ0n) is 19.9. The first-order chi connectivity index (χ1) is 18.7. The van der Waals surface area contributed by atoms with Gasteiger partial charge >= 0.3 is 5.69 Å². The Kier molecular flexibility index (Phi) is 6.14. The van der Waals surface area contributed by atoms with Crippen LogP contribution in [-0.2, 0) is 6.42 Å². The van der Waals surface area contributed by atoms with Gasteiger partial charge in [-0.05, 0) is 69.8 Å². The van der Waals surface area contributed by atoms with Crippen LogP contribution in [0, 0.1) is 23.8 Å². The molecule has 3 aromatic carbocycles. The highest BCUT2D eigenvalue weighted by Gasteiger charge is 2.33. The van der Waals surface area contributed by atoms with Gasteiger partial charge < -0.3 is 5.11 Å². The smallest absolute Gasteiger partial charge is 0.312 e. The number of halogens is 1. The lowest BCUT2D eigenvalue weighted by Gasteiger charge is -2.30. The van der Waals surface area contributed by atoms with Crippen LogP contribution in [-0.4, -0.2) is 19.5 Å². The Morgan fingerprint density at radius 1 is 1.05 bits per heavy atom. The number of benzene rings is 3. The number of rotatable bonds is 4. The van der Waals surface area contributed by atoms with Crippen molar-refractivity contribution >= 4 is 57.1 Å². The molecule has 4 aromatic rings. The van der Waals surface area contributed by atoms with Gasteiger partial charge in [0, 0.05) is 23.8 Å². The molecule has 1 N–H and O–H groups in total. The maximum absolute atomic E-state index is 13.9. The predicted molar refractivity (Wildman–Crippen MR) is 153 cm³/mol. The molecule has 12 heteroatoms. The normalized spacial score (nSPS) is 16.2. The Morgan fingerprint density at radius 3 is 2.62 bits per heavy atom. The van der Waals surface area contributed by atoms with Crippen LogP contribution >= 0.6 is 33.9 Å². The summed E-state index contributed by atoms with van der Waals surface area (Å²) in [6, 6.07) is 16.4. The predicted octanol–water partition coefficient (Wildman–Crippen LogP) is 4.45. The molecule has 194 valence electrons. The molecule has 0 unspecified atom stereocenters. The van der Waals surface area contributed by atoms with Crippen LogP contribution in [0.15, 0.2) is 76.0 Å². The number of non-ortho nitro benzene ring substituents is 1. The largest absolute Gasteiger partial charge is 0.501 e. The van der Waals surface area contributed by atoms with Gasteiger partial charge in [-0.2, -0.15) is 0 Å². The molecule has 10 nitrogen and oxygen atoms in total. The summed E-state index contributed by atoms with van der Waals surface area (Å²) in [4.78, 5) is 41.0. The van der Waals surface area contributed by atoms with E-state index < -0.39 is 27.3 Å². The topological polar surface area (TPSA) is 141 Å². The van der Waals surface area contributed by atoms with Gasteiger partial charge in [0.15, 0.2) is 4.80 Å². The molecule has 1 aliphatic carbocycles. The lowest BCUT2D eigenvalue weighted by molar-refractivity contribution is -0.386. The van der Waals surface area contributed by atoms with E-state index in [1.54, 1.807) is 51.4 Å². The van der Waals surface area contributed by atoms with E-state index in [1.807, 2.05) is 24.3 Å². The molecule has 0 bridgehead atoms. The highest BCUT2D eigenvalue weighted by molar-refractivity contribution is 14.1. The molecule has 0 saturated heterocycles. The fourth-order valence-corrected chi connectivity index (χ4v) is 6.75. The van der Waals surface area contributed by atoms with Gasteiger partial charge in [0.1, 0.15) is 0 Å². The van der Waals surface area contributed by atoms with Crippen molar-refractivity contribution in [1.82, 2.24) is 4.57 Å². The molecule has 39 heavy (non-hydrogen) atoms. The third-order valence-corrected chi connectivity index (χ3v) is 8.64. The average Bonchev–Trinajstić information content (AvgIpc) is 3.23. The summed E-state index contributed by atoms with van der Waals surface area (Å²) in [5, 5.41) is 33.1. The van der Waals surface area contributed by atoms with Crippen LogP contribution in [0.5, 0.6) is 5.75 Å². The molecular weight excluding hydrogens is 635 g/mol. The second-order valence-electron chi connectivity index (χ2n) is 9.09. The van der Waals surface area contributed by atoms with E-state index in [0.717, 1.165) is 40.2 Å². The number of phenols is 1. The van der Waals surface area contributed by atoms with E-state index in [-0.39, 0.29) is 14.8 Å². The Labute approximate surface area is 237 Å². The number of aryl methyl sites for hydroxylation is 1. The van der Waals surface area contributed by atoms with E-state index in [4.69, 9.17) is 4.99 Å². The molecule has 6 rings (SSSR count). The Hall–Kier alpha value is -4.17. The van der Waals surface area contributed by atoms with Crippen LogP contribution in [0.25, 0.3) is 11.8 Å². The number of phenolic OH excluding ortho intramolecular Hbond substituents is 1. The SMILES string of the molecule is O=c1/c(=C\c2cc(I)c(O)c([N+](=O)[O-])c2)sc2n1[C@@H](c1cccc([N+](=O)[O-])c1)C1=C(N=2)c2ccccc2CC1. The van der Waals surface area contributed by atoms with Crippen molar-refractivity contribution in [2.45, 2.75) is 18.9 Å². The molecule has 0 amide bonds.